The molecule has 90 valence electrons. The molecule has 0 radical (unpaired) electrons. The zero-order chi connectivity index (χ0) is 11.5. The zero-order valence-electron chi connectivity index (χ0n) is 9.68. The molecule has 0 spiro atoms. The first-order valence-electron chi connectivity index (χ1n) is 5.74. The number of nitrogens with one attached hydrogen (secondary N) is 1. The number of hydrogen-bond donors (Lipinski definition) is 2. The molecule has 2 heterocycles. The summed E-state index contributed by atoms with van der Waals surface area (Å²) >= 11 is 0. The van der Waals surface area contributed by atoms with Crippen LogP contribution in [-0.4, -0.2) is 41.0 Å². The standard InChI is InChI=1S/C10H18N4O2/c1-3-14(4-2)10-12-9(16-13-10)8-5-7(15)6-11-8/h7-8,11,15H,3-6H2,1-2H3/t7-,8-/m0/s1. The van der Waals surface area contributed by atoms with Gasteiger partial charge in [0.25, 0.3) is 5.95 Å². The smallest absolute Gasteiger partial charge is 0.266 e. The predicted octanol–water partition coefficient (Wildman–Crippen LogP) is 0.311. The monoisotopic (exact) mass is 226 g/mol. The van der Waals surface area contributed by atoms with Crippen LogP contribution in [0.25, 0.3) is 0 Å². The fraction of sp³-hybridized carbons (Fsp3) is 0.800. The Morgan fingerprint density at radius 1 is 1.50 bits per heavy atom. The van der Waals surface area contributed by atoms with E-state index in [1.54, 1.807) is 0 Å². The summed E-state index contributed by atoms with van der Waals surface area (Å²) in [6.45, 7) is 6.41. The molecule has 6 heteroatoms. The fourth-order valence-electron chi connectivity index (χ4n) is 1.91. The molecule has 2 rings (SSSR count). The third kappa shape index (κ3) is 2.17. The van der Waals surface area contributed by atoms with Gasteiger partial charge >= 0.3 is 0 Å². The van der Waals surface area contributed by atoms with Crippen LogP contribution in [0.1, 0.15) is 32.2 Å². The summed E-state index contributed by atoms with van der Waals surface area (Å²) < 4.78 is 5.21. The SMILES string of the molecule is CCN(CC)c1noc([C@@H]2C[C@H](O)CN2)n1. The quantitative estimate of drug-likeness (QED) is 0.769. The highest BCUT2D eigenvalue weighted by molar-refractivity contribution is 5.27. The van der Waals surface area contributed by atoms with Crippen molar-refractivity contribution in [1.29, 1.82) is 0 Å². The summed E-state index contributed by atoms with van der Waals surface area (Å²) in [5, 5.41) is 16.5. The van der Waals surface area contributed by atoms with Crippen LogP contribution in [0, 0.1) is 0 Å². The van der Waals surface area contributed by atoms with Crippen molar-refractivity contribution >= 4 is 5.95 Å². The second kappa shape index (κ2) is 4.80. The van der Waals surface area contributed by atoms with E-state index < -0.39 is 0 Å². The van der Waals surface area contributed by atoms with Crippen LogP contribution < -0.4 is 10.2 Å². The van der Waals surface area contributed by atoms with Gasteiger partial charge in [0, 0.05) is 19.6 Å². The number of β-amino-alcohol motifs (C(OH)–C–C–N with tert-alkyl or cyclic N) is 1. The molecule has 1 aromatic rings. The van der Waals surface area contributed by atoms with Crippen molar-refractivity contribution in [2.45, 2.75) is 32.4 Å². The van der Waals surface area contributed by atoms with Crippen molar-refractivity contribution in [1.82, 2.24) is 15.5 Å². The molecule has 1 fully saturated rings. The maximum Gasteiger partial charge on any atom is 0.266 e. The number of nitrogens with zero attached hydrogens (tertiary/aromatic N) is 3. The normalized spacial score (nSPS) is 24.9. The van der Waals surface area contributed by atoms with Gasteiger partial charge in [0.2, 0.25) is 5.89 Å². The van der Waals surface area contributed by atoms with Gasteiger partial charge in [-0.15, -0.1) is 0 Å². The summed E-state index contributed by atoms with van der Waals surface area (Å²) in [4.78, 5) is 6.37. The minimum Gasteiger partial charge on any atom is -0.392 e. The molecule has 16 heavy (non-hydrogen) atoms. The number of aliphatic hydroxyl groups is 1. The Kier molecular flexibility index (Phi) is 3.40. The van der Waals surface area contributed by atoms with E-state index in [1.807, 2.05) is 4.90 Å². The lowest BCUT2D eigenvalue weighted by Gasteiger charge is -2.14. The number of aliphatic hydroxyl groups excluding tert-OH is 1. The van der Waals surface area contributed by atoms with Gasteiger partial charge in [-0.1, -0.05) is 0 Å². The average molecular weight is 226 g/mol. The second-order valence-electron chi connectivity index (χ2n) is 3.96. The molecule has 1 aromatic heterocycles. The molecule has 6 nitrogen and oxygen atoms in total. The van der Waals surface area contributed by atoms with Crippen molar-refractivity contribution in [2.24, 2.45) is 0 Å². The van der Waals surface area contributed by atoms with E-state index in [0.29, 0.717) is 24.8 Å². The van der Waals surface area contributed by atoms with Crippen molar-refractivity contribution in [3.05, 3.63) is 5.89 Å². The van der Waals surface area contributed by atoms with Crippen LogP contribution >= 0.6 is 0 Å². The van der Waals surface area contributed by atoms with E-state index in [9.17, 15) is 5.11 Å². The molecule has 2 atom stereocenters. The topological polar surface area (TPSA) is 74.4 Å². The first-order chi connectivity index (χ1) is 7.74. The number of aromatic nitrogens is 2. The molecule has 0 amide bonds. The van der Waals surface area contributed by atoms with Crippen molar-refractivity contribution in [3.8, 4) is 0 Å². The lowest BCUT2D eigenvalue weighted by Crippen LogP contribution is -2.23. The summed E-state index contributed by atoms with van der Waals surface area (Å²) in [7, 11) is 0. The fourth-order valence-corrected chi connectivity index (χ4v) is 1.91. The van der Waals surface area contributed by atoms with Gasteiger partial charge in [-0.3, -0.25) is 0 Å². The summed E-state index contributed by atoms with van der Waals surface area (Å²) in [6.07, 6.45) is 0.327. The largest absolute Gasteiger partial charge is 0.392 e. The maximum absolute atomic E-state index is 9.41. The van der Waals surface area contributed by atoms with Crippen LogP contribution in [0.4, 0.5) is 5.95 Å². The molecular weight excluding hydrogens is 208 g/mol. The van der Waals surface area contributed by atoms with E-state index >= 15 is 0 Å². The molecular formula is C10H18N4O2. The van der Waals surface area contributed by atoms with E-state index in [2.05, 4.69) is 29.3 Å². The highest BCUT2D eigenvalue weighted by Crippen LogP contribution is 2.23. The minimum atomic E-state index is -0.311. The molecule has 0 bridgehead atoms. The Hall–Kier alpha value is -1.14. The molecule has 0 saturated carbocycles. The lowest BCUT2D eigenvalue weighted by molar-refractivity contribution is 0.191. The molecule has 0 aliphatic carbocycles. The average Bonchev–Trinajstić information content (AvgIpc) is 2.89. The van der Waals surface area contributed by atoms with E-state index in [4.69, 9.17) is 4.52 Å². The Labute approximate surface area is 94.6 Å². The first-order valence-corrected chi connectivity index (χ1v) is 5.74. The number of rotatable bonds is 4. The molecule has 1 aliphatic rings. The Morgan fingerprint density at radius 3 is 2.81 bits per heavy atom. The zero-order valence-corrected chi connectivity index (χ0v) is 9.68. The summed E-state index contributed by atoms with van der Waals surface area (Å²) in [6, 6.07) is -0.00758. The Morgan fingerprint density at radius 2 is 2.25 bits per heavy atom. The minimum absolute atomic E-state index is 0.00758. The first kappa shape index (κ1) is 11.3. The highest BCUT2D eigenvalue weighted by Gasteiger charge is 2.28. The van der Waals surface area contributed by atoms with Gasteiger partial charge < -0.3 is 19.8 Å². The van der Waals surface area contributed by atoms with Gasteiger partial charge in [0.1, 0.15) is 0 Å². The predicted molar refractivity (Wildman–Crippen MR) is 59.2 cm³/mol. The van der Waals surface area contributed by atoms with Gasteiger partial charge in [-0.25, -0.2) is 0 Å². The van der Waals surface area contributed by atoms with Crippen molar-refractivity contribution in [3.63, 3.8) is 0 Å². The second-order valence-corrected chi connectivity index (χ2v) is 3.96. The van der Waals surface area contributed by atoms with Crippen LogP contribution in [-0.2, 0) is 0 Å². The van der Waals surface area contributed by atoms with Gasteiger partial charge in [0.05, 0.1) is 12.1 Å². The van der Waals surface area contributed by atoms with Crippen LogP contribution in [0.3, 0.4) is 0 Å². The van der Waals surface area contributed by atoms with Crippen LogP contribution in [0.5, 0.6) is 0 Å². The Balaban J connectivity index is 2.07. The highest BCUT2D eigenvalue weighted by atomic mass is 16.5. The summed E-state index contributed by atoms with van der Waals surface area (Å²) in [5.41, 5.74) is 0. The molecule has 2 N–H and O–H groups in total. The van der Waals surface area contributed by atoms with Gasteiger partial charge in [-0.2, -0.15) is 4.98 Å². The lowest BCUT2D eigenvalue weighted by atomic mass is 10.2. The van der Waals surface area contributed by atoms with Gasteiger partial charge in [-0.05, 0) is 25.4 Å². The number of anilines is 1. The Bertz CT molecular complexity index is 337. The molecule has 1 saturated heterocycles. The van der Waals surface area contributed by atoms with Crippen molar-refractivity contribution in [2.75, 3.05) is 24.5 Å². The van der Waals surface area contributed by atoms with Gasteiger partial charge in [0.15, 0.2) is 0 Å². The van der Waals surface area contributed by atoms with E-state index in [1.165, 1.54) is 0 Å². The van der Waals surface area contributed by atoms with Crippen LogP contribution in [0.15, 0.2) is 4.52 Å². The third-order valence-electron chi connectivity index (χ3n) is 2.88. The van der Waals surface area contributed by atoms with Crippen molar-refractivity contribution < 1.29 is 9.63 Å². The van der Waals surface area contributed by atoms with Crippen LogP contribution in [0.2, 0.25) is 0 Å². The maximum atomic E-state index is 9.41. The third-order valence-corrected chi connectivity index (χ3v) is 2.88. The van der Waals surface area contributed by atoms with E-state index in [-0.39, 0.29) is 12.1 Å². The molecule has 0 unspecified atom stereocenters. The molecule has 0 aromatic carbocycles. The summed E-state index contributed by atoms with van der Waals surface area (Å²) in [5.74, 6) is 1.20. The number of hydrogen-bond acceptors (Lipinski definition) is 6. The van der Waals surface area contributed by atoms with E-state index in [0.717, 1.165) is 13.1 Å². The molecule has 1 aliphatic heterocycles.